The molecule has 1 aliphatic heterocycles. The lowest BCUT2D eigenvalue weighted by Crippen LogP contribution is -2.38. The van der Waals surface area contributed by atoms with Crippen molar-refractivity contribution in [3.8, 4) is 0 Å². The Morgan fingerprint density at radius 2 is 1.81 bits per heavy atom. The van der Waals surface area contributed by atoms with Gasteiger partial charge in [-0.05, 0) is 56.1 Å². The van der Waals surface area contributed by atoms with Gasteiger partial charge in [0.2, 0.25) is 0 Å². The van der Waals surface area contributed by atoms with Crippen LogP contribution in [-0.2, 0) is 19.0 Å². The summed E-state index contributed by atoms with van der Waals surface area (Å²) in [5.74, 6) is -0.281. The molecule has 1 amide bonds. The smallest absolute Gasteiger partial charge is 0.337 e. The molecule has 2 heterocycles. The molecule has 0 spiro atoms. The maximum Gasteiger partial charge on any atom is 0.416 e. The fourth-order valence-corrected chi connectivity index (χ4v) is 4.31. The van der Waals surface area contributed by atoms with Crippen molar-refractivity contribution in [2.24, 2.45) is 0 Å². The number of amides is 1. The molecule has 1 saturated heterocycles. The van der Waals surface area contributed by atoms with Crippen LogP contribution in [0.25, 0.3) is 0 Å². The first-order valence-electron chi connectivity index (χ1n) is 9.46. The maximum atomic E-state index is 13.3. The number of carbonyl (C=O) groups is 1. The normalized spacial score (nSPS) is 18.4. The Hall–Kier alpha value is -2.31. The number of fused-ring (bicyclic) bond motifs is 1. The van der Waals surface area contributed by atoms with E-state index in [1.54, 1.807) is 17.0 Å². The molecule has 1 aliphatic carbocycles. The first kappa shape index (κ1) is 18.1. The van der Waals surface area contributed by atoms with E-state index in [2.05, 4.69) is 10.2 Å². The molecule has 1 aromatic carbocycles. The van der Waals surface area contributed by atoms with Gasteiger partial charge in [-0.25, -0.2) is 0 Å². The molecule has 7 heteroatoms. The minimum Gasteiger partial charge on any atom is -0.337 e. The second-order valence-corrected chi connectivity index (χ2v) is 7.39. The molecule has 0 unspecified atom stereocenters. The zero-order valence-electron chi connectivity index (χ0n) is 15.0. The highest BCUT2D eigenvalue weighted by atomic mass is 19.4. The van der Waals surface area contributed by atoms with Crippen molar-refractivity contribution in [3.63, 3.8) is 0 Å². The number of rotatable bonds is 2. The maximum absolute atomic E-state index is 13.3. The summed E-state index contributed by atoms with van der Waals surface area (Å²) in [6.45, 7) is 0.911. The van der Waals surface area contributed by atoms with Crippen molar-refractivity contribution < 1.29 is 18.0 Å². The van der Waals surface area contributed by atoms with Gasteiger partial charge in [-0.1, -0.05) is 18.2 Å². The van der Waals surface area contributed by atoms with Crippen LogP contribution in [-0.4, -0.2) is 34.1 Å². The lowest BCUT2D eigenvalue weighted by molar-refractivity contribution is -0.138. The Labute approximate surface area is 155 Å². The number of halogens is 3. The first-order valence-corrected chi connectivity index (χ1v) is 9.46. The summed E-state index contributed by atoms with van der Waals surface area (Å²) in [6.07, 6.45) is 0.665. The summed E-state index contributed by atoms with van der Waals surface area (Å²) in [6, 6.07) is 5.78. The number of H-pyrrole nitrogens is 1. The van der Waals surface area contributed by atoms with Gasteiger partial charge in [-0.2, -0.15) is 18.3 Å². The average Bonchev–Trinajstić information content (AvgIpc) is 3.11. The second-order valence-electron chi connectivity index (χ2n) is 7.39. The van der Waals surface area contributed by atoms with E-state index in [0.29, 0.717) is 37.2 Å². The number of hydrogen-bond donors (Lipinski definition) is 1. The number of hydrogen-bond acceptors (Lipinski definition) is 2. The van der Waals surface area contributed by atoms with E-state index in [-0.39, 0.29) is 11.8 Å². The van der Waals surface area contributed by atoms with Crippen LogP contribution in [0.1, 0.15) is 64.5 Å². The molecule has 0 bridgehead atoms. The third-order valence-corrected chi connectivity index (χ3v) is 5.75. The number of aryl methyl sites for hydroxylation is 1. The quantitative estimate of drug-likeness (QED) is 0.847. The lowest BCUT2D eigenvalue weighted by Gasteiger charge is -2.33. The van der Waals surface area contributed by atoms with Crippen molar-refractivity contribution in [2.45, 2.75) is 50.6 Å². The van der Waals surface area contributed by atoms with Crippen molar-refractivity contribution in [1.82, 2.24) is 15.1 Å². The predicted octanol–water partition coefficient (Wildman–Crippen LogP) is 4.33. The minimum absolute atomic E-state index is 0.100. The lowest BCUT2D eigenvalue weighted by atomic mass is 9.86. The molecule has 0 atom stereocenters. The van der Waals surface area contributed by atoms with Gasteiger partial charge in [0.1, 0.15) is 0 Å². The molecule has 1 fully saturated rings. The standard InChI is InChI=1S/C20H22F3N3O/c21-20(22,23)16-7-3-1-5-14(16)13-9-11-26(12-10-13)19(27)18-15-6-2-4-8-17(15)24-25-18/h1,3,5,7,13H,2,4,6,8-12H2,(H,24,25). The summed E-state index contributed by atoms with van der Waals surface area (Å²) in [7, 11) is 0. The summed E-state index contributed by atoms with van der Waals surface area (Å²) in [5, 5.41) is 7.21. The topological polar surface area (TPSA) is 49.0 Å². The Kier molecular flexibility index (Phi) is 4.70. The summed E-state index contributed by atoms with van der Waals surface area (Å²) in [4.78, 5) is 14.6. The van der Waals surface area contributed by atoms with E-state index >= 15 is 0 Å². The van der Waals surface area contributed by atoms with Gasteiger partial charge < -0.3 is 4.90 Å². The zero-order valence-corrected chi connectivity index (χ0v) is 15.0. The van der Waals surface area contributed by atoms with Gasteiger partial charge in [-0.15, -0.1) is 0 Å². The minimum atomic E-state index is -4.35. The van der Waals surface area contributed by atoms with Gasteiger partial charge in [-0.3, -0.25) is 9.89 Å². The number of aromatic amines is 1. The number of nitrogens with one attached hydrogen (secondary N) is 1. The highest BCUT2D eigenvalue weighted by Gasteiger charge is 2.36. The fraction of sp³-hybridized carbons (Fsp3) is 0.500. The van der Waals surface area contributed by atoms with Crippen LogP contribution in [0.15, 0.2) is 24.3 Å². The van der Waals surface area contributed by atoms with Crippen LogP contribution >= 0.6 is 0 Å². The van der Waals surface area contributed by atoms with Crippen LogP contribution in [0.5, 0.6) is 0 Å². The predicted molar refractivity (Wildman–Crippen MR) is 94.6 cm³/mol. The van der Waals surface area contributed by atoms with E-state index in [4.69, 9.17) is 0 Å². The van der Waals surface area contributed by atoms with Gasteiger partial charge in [0.15, 0.2) is 5.69 Å². The molecule has 2 aliphatic rings. The molecule has 4 nitrogen and oxygen atoms in total. The Morgan fingerprint density at radius 3 is 2.56 bits per heavy atom. The average molecular weight is 377 g/mol. The van der Waals surface area contributed by atoms with Crippen molar-refractivity contribution in [2.75, 3.05) is 13.1 Å². The van der Waals surface area contributed by atoms with E-state index < -0.39 is 11.7 Å². The van der Waals surface area contributed by atoms with E-state index in [1.807, 2.05) is 0 Å². The number of benzene rings is 1. The Morgan fingerprint density at radius 1 is 1.11 bits per heavy atom. The third kappa shape index (κ3) is 3.47. The largest absolute Gasteiger partial charge is 0.416 e. The van der Waals surface area contributed by atoms with Gasteiger partial charge >= 0.3 is 6.18 Å². The number of aromatic nitrogens is 2. The molecule has 0 saturated carbocycles. The van der Waals surface area contributed by atoms with Gasteiger partial charge in [0.25, 0.3) is 5.91 Å². The van der Waals surface area contributed by atoms with Crippen molar-refractivity contribution >= 4 is 5.91 Å². The molecule has 1 aromatic heterocycles. The molecule has 0 radical (unpaired) electrons. The number of alkyl halides is 3. The van der Waals surface area contributed by atoms with Crippen LogP contribution in [0.4, 0.5) is 13.2 Å². The van der Waals surface area contributed by atoms with Crippen molar-refractivity contribution in [1.29, 1.82) is 0 Å². The summed E-state index contributed by atoms with van der Waals surface area (Å²) >= 11 is 0. The van der Waals surface area contributed by atoms with Crippen LogP contribution in [0.3, 0.4) is 0 Å². The number of nitrogens with zero attached hydrogens (tertiary/aromatic N) is 2. The van der Waals surface area contributed by atoms with Crippen LogP contribution < -0.4 is 0 Å². The number of piperidine rings is 1. The Bertz CT molecular complexity index is 835. The number of carbonyl (C=O) groups excluding carboxylic acids is 1. The molecule has 27 heavy (non-hydrogen) atoms. The highest BCUT2D eigenvalue weighted by Crippen LogP contribution is 2.38. The van der Waals surface area contributed by atoms with E-state index in [1.165, 1.54) is 6.07 Å². The monoisotopic (exact) mass is 377 g/mol. The molecular weight excluding hydrogens is 355 g/mol. The molecule has 1 N–H and O–H groups in total. The molecule has 4 rings (SSSR count). The van der Waals surface area contributed by atoms with Gasteiger partial charge in [0, 0.05) is 24.3 Å². The molecule has 144 valence electrons. The first-order chi connectivity index (χ1) is 12.9. The third-order valence-electron chi connectivity index (χ3n) is 5.75. The summed E-state index contributed by atoms with van der Waals surface area (Å²) in [5.41, 5.74) is 2.36. The zero-order chi connectivity index (χ0) is 19.0. The van der Waals surface area contributed by atoms with Gasteiger partial charge in [0.05, 0.1) is 5.56 Å². The Balaban J connectivity index is 1.47. The fourth-order valence-electron chi connectivity index (χ4n) is 4.31. The highest BCUT2D eigenvalue weighted by molar-refractivity contribution is 5.94. The molecule has 2 aromatic rings. The van der Waals surface area contributed by atoms with E-state index in [9.17, 15) is 18.0 Å². The van der Waals surface area contributed by atoms with Crippen LogP contribution in [0, 0.1) is 0 Å². The molecular formula is C20H22F3N3O. The van der Waals surface area contributed by atoms with Crippen LogP contribution in [0.2, 0.25) is 0 Å². The SMILES string of the molecule is O=C(c1n[nH]c2c1CCCC2)N1CCC(c2ccccc2C(F)(F)F)CC1. The van der Waals surface area contributed by atoms with Crippen molar-refractivity contribution in [3.05, 3.63) is 52.3 Å². The second kappa shape index (κ2) is 7.02. The van der Waals surface area contributed by atoms with E-state index in [0.717, 1.165) is 43.0 Å². The summed E-state index contributed by atoms with van der Waals surface area (Å²) < 4.78 is 39.8. The number of likely N-dealkylation sites (tertiary alicyclic amines) is 1.